The molecule has 0 aliphatic rings. The molecule has 0 fully saturated rings. The fourth-order valence-electron chi connectivity index (χ4n) is 3.25. The van der Waals surface area contributed by atoms with Gasteiger partial charge in [0.25, 0.3) is 0 Å². The third-order valence-electron chi connectivity index (χ3n) is 4.46. The Balaban J connectivity index is 1.72. The van der Waals surface area contributed by atoms with Crippen LogP contribution in [0.3, 0.4) is 0 Å². The van der Waals surface area contributed by atoms with Crippen molar-refractivity contribution in [2.75, 3.05) is 0 Å². The Morgan fingerprint density at radius 2 is 1.27 bits per heavy atom. The Hall–Kier alpha value is -3.17. The van der Waals surface area contributed by atoms with E-state index in [9.17, 15) is 0 Å². The molecule has 0 aliphatic heterocycles. The van der Waals surface area contributed by atoms with E-state index in [2.05, 4.69) is 83.4 Å². The Morgan fingerprint density at radius 1 is 0.615 bits per heavy atom. The largest absolute Gasteiger partial charge is 0.292 e. The zero-order valence-corrected chi connectivity index (χ0v) is 14.9. The van der Waals surface area contributed by atoms with Crippen LogP contribution in [0.2, 0.25) is 0 Å². The predicted molar refractivity (Wildman–Crippen MR) is 110 cm³/mol. The van der Waals surface area contributed by atoms with Gasteiger partial charge in [-0.2, -0.15) is 0 Å². The Labute approximate surface area is 156 Å². The molecule has 2 aromatic heterocycles. The summed E-state index contributed by atoms with van der Waals surface area (Å²) in [6.45, 7) is 0. The van der Waals surface area contributed by atoms with Gasteiger partial charge in [-0.1, -0.05) is 60.7 Å². The van der Waals surface area contributed by atoms with E-state index in [-0.39, 0.29) is 0 Å². The number of imidazole rings is 1. The SMILES string of the molecule is c1ccc(-c2ccc(-c3nc4ccccc4n3-c3ccccc3)s2)cc1. The first-order valence-corrected chi connectivity index (χ1v) is 9.40. The van der Waals surface area contributed by atoms with Crippen molar-refractivity contribution in [2.24, 2.45) is 0 Å². The minimum Gasteiger partial charge on any atom is -0.292 e. The fraction of sp³-hybridized carbons (Fsp3) is 0. The van der Waals surface area contributed by atoms with Gasteiger partial charge in [-0.15, -0.1) is 11.3 Å². The summed E-state index contributed by atoms with van der Waals surface area (Å²) in [5, 5.41) is 0. The monoisotopic (exact) mass is 352 g/mol. The highest BCUT2D eigenvalue weighted by Crippen LogP contribution is 2.36. The van der Waals surface area contributed by atoms with Crippen molar-refractivity contribution in [3.05, 3.63) is 97.1 Å². The highest BCUT2D eigenvalue weighted by atomic mass is 32.1. The third kappa shape index (κ3) is 2.54. The quantitative estimate of drug-likeness (QED) is 0.366. The van der Waals surface area contributed by atoms with Gasteiger partial charge >= 0.3 is 0 Å². The number of hydrogen-bond donors (Lipinski definition) is 0. The molecule has 0 spiro atoms. The van der Waals surface area contributed by atoms with Gasteiger partial charge in [0, 0.05) is 10.6 Å². The second-order valence-corrected chi connectivity index (χ2v) is 7.21. The number of para-hydroxylation sites is 3. The lowest BCUT2D eigenvalue weighted by molar-refractivity contribution is 1.11. The zero-order valence-electron chi connectivity index (χ0n) is 14.0. The van der Waals surface area contributed by atoms with E-state index in [4.69, 9.17) is 4.98 Å². The molecule has 2 nitrogen and oxygen atoms in total. The van der Waals surface area contributed by atoms with E-state index in [0.717, 1.165) is 22.5 Å². The maximum Gasteiger partial charge on any atom is 0.155 e. The lowest BCUT2D eigenvalue weighted by Gasteiger charge is -2.08. The number of rotatable bonds is 3. The molecule has 0 saturated heterocycles. The average Bonchev–Trinajstić information content (AvgIpc) is 3.34. The maximum atomic E-state index is 4.94. The molecule has 2 heterocycles. The molecule has 0 amide bonds. The molecule has 0 unspecified atom stereocenters. The summed E-state index contributed by atoms with van der Waals surface area (Å²) in [5.74, 6) is 0.990. The van der Waals surface area contributed by atoms with E-state index >= 15 is 0 Å². The molecule has 0 radical (unpaired) electrons. The molecule has 3 aromatic carbocycles. The van der Waals surface area contributed by atoms with Gasteiger partial charge in [-0.25, -0.2) is 4.98 Å². The van der Waals surface area contributed by atoms with E-state index in [1.54, 1.807) is 11.3 Å². The summed E-state index contributed by atoms with van der Waals surface area (Å²) in [7, 11) is 0. The summed E-state index contributed by atoms with van der Waals surface area (Å²) in [6.07, 6.45) is 0. The van der Waals surface area contributed by atoms with Crippen LogP contribution < -0.4 is 0 Å². The lowest BCUT2D eigenvalue weighted by Crippen LogP contribution is -1.95. The molecule has 0 aliphatic carbocycles. The molecule has 124 valence electrons. The van der Waals surface area contributed by atoms with Crippen LogP contribution in [-0.2, 0) is 0 Å². The normalized spacial score (nSPS) is 11.1. The first kappa shape index (κ1) is 15.1. The molecule has 5 rings (SSSR count). The highest BCUT2D eigenvalue weighted by molar-refractivity contribution is 7.18. The molecule has 0 N–H and O–H groups in total. The summed E-state index contributed by atoms with van der Waals surface area (Å²) in [6, 6.07) is 33.6. The molecule has 0 bridgehead atoms. The van der Waals surface area contributed by atoms with Crippen molar-refractivity contribution in [3.63, 3.8) is 0 Å². The molecule has 5 aromatic rings. The predicted octanol–water partition coefficient (Wildman–Crippen LogP) is 6.42. The van der Waals surface area contributed by atoms with Crippen molar-refractivity contribution in [2.45, 2.75) is 0 Å². The number of aromatic nitrogens is 2. The van der Waals surface area contributed by atoms with Crippen LogP contribution in [-0.4, -0.2) is 9.55 Å². The molecule has 3 heteroatoms. The minimum absolute atomic E-state index is 0.990. The van der Waals surface area contributed by atoms with Crippen LogP contribution in [0.25, 0.3) is 37.9 Å². The van der Waals surface area contributed by atoms with Crippen LogP contribution in [0, 0.1) is 0 Å². The number of benzene rings is 3. The Kier molecular flexibility index (Phi) is 3.65. The van der Waals surface area contributed by atoms with E-state index in [1.165, 1.54) is 15.3 Å². The minimum atomic E-state index is 0.990. The third-order valence-corrected chi connectivity index (χ3v) is 5.59. The van der Waals surface area contributed by atoms with Crippen LogP contribution >= 0.6 is 11.3 Å². The van der Waals surface area contributed by atoms with Crippen molar-refractivity contribution in [1.82, 2.24) is 9.55 Å². The fourth-order valence-corrected chi connectivity index (χ4v) is 4.24. The molecule has 26 heavy (non-hydrogen) atoms. The molecule has 0 saturated carbocycles. The second kappa shape index (κ2) is 6.28. The van der Waals surface area contributed by atoms with Gasteiger partial charge in [0.05, 0.1) is 15.9 Å². The van der Waals surface area contributed by atoms with Crippen LogP contribution in [0.1, 0.15) is 0 Å². The van der Waals surface area contributed by atoms with Crippen LogP contribution in [0.15, 0.2) is 97.1 Å². The smallest absolute Gasteiger partial charge is 0.155 e. The Bertz CT molecular complexity index is 1170. The molecule has 0 atom stereocenters. The summed E-state index contributed by atoms with van der Waals surface area (Å²) in [5.41, 5.74) is 4.52. The first-order chi connectivity index (χ1) is 12.9. The van der Waals surface area contributed by atoms with Gasteiger partial charge < -0.3 is 0 Å². The number of hydrogen-bond acceptors (Lipinski definition) is 2. The van der Waals surface area contributed by atoms with Crippen molar-refractivity contribution in [1.29, 1.82) is 0 Å². The maximum absolute atomic E-state index is 4.94. The van der Waals surface area contributed by atoms with Crippen molar-refractivity contribution < 1.29 is 0 Å². The van der Waals surface area contributed by atoms with Crippen molar-refractivity contribution in [3.8, 4) is 26.8 Å². The van der Waals surface area contributed by atoms with Gasteiger partial charge in [-0.05, 0) is 42.0 Å². The molecular weight excluding hydrogens is 336 g/mol. The van der Waals surface area contributed by atoms with E-state index < -0.39 is 0 Å². The average molecular weight is 352 g/mol. The van der Waals surface area contributed by atoms with Gasteiger partial charge in [0.15, 0.2) is 5.82 Å². The summed E-state index contributed by atoms with van der Waals surface area (Å²) < 4.78 is 2.25. The zero-order chi connectivity index (χ0) is 17.3. The number of fused-ring (bicyclic) bond motifs is 1. The molecular formula is C23H16N2S. The van der Waals surface area contributed by atoms with Crippen LogP contribution in [0.5, 0.6) is 0 Å². The van der Waals surface area contributed by atoms with Gasteiger partial charge in [0.2, 0.25) is 0 Å². The highest BCUT2D eigenvalue weighted by Gasteiger charge is 2.16. The van der Waals surface area contributed by atoms with Crippen LogP contribution in [0.4, 0.5) is 0 Å². The standard InChI is InChI=1S/C23H16N2S/c1-3-9-17(10-4-1)21-15-16-22(26-21)23-24-19-13-7-8-14-20(19)25(23)18-11-5-2-6-12-18/h1-16H. The number of nitrogens with zero attached hydrogens (tertiary/aromatic N) is 2. The van der Waals surface area contributed by atoms with E-state index in [0.29, 0.717) is 0 Å². The second-order valence-electron chi connectivity index (χ2n) is 6.13. The summed E-state index contributed by atoms with van der Waals surface area (Å²) >= 11 is 1.78. The number of thiophene rings is 1. The topological polar surface area (TPSA) is 17.8 Å². The summed E-state index contributed by atoms with van der Waals surface area (Å²) in [4.78, 5) is 7.37. The van der Waals surface area contributed by atoms with Gasteiger partial charge in [-0.3, -0.25) is 4.57 Å². The lowest BCUT2D eigenvalue weighted by atomic mass is 10.2. The first-order valence-electron chi connectivity index (χ1n) is 8.59. The van der Waals surface area contributed by atoms with E-state index in [1.807, 2.05) is 18.2 Å². The van der Waals surface area contributed by atoms with Crippen molar-refractivity contribution >= 4 is 22.4 Å². The Morgan fingerprint density at radius 3 is 2.08 bits per heavy atom. The van der Waals surface area contributed by atoms with Gasteiger partial charge in [0.1, 0.15) is 0 Å².